The predicted molar refractivity (Wildman–Crippen MR) is 97.5 cm³/mol. The Hall–Kier alpha value is -2.41. The monoisotopic (exact) mass is 341 g/mol. The Bertz CT molecular complexity index is 940. The molecule has 1 fully saturated rings. The third kappa shape index (κ3) is 2.75. The van der Waals surface area contributed by atoms with E-state index >= 15 is 0 Å². The molecule has 3 heterocycles. The number of hydrogen-bond donors (Lipinski definition) is 0. The highest BCUT2D eigenvalue weighted by molar-refractivity contribution is 7.20. The van der Waals surface area contributed by atoms with Gasteiger partial charge in [0.2, 0.25) is 10.1 Å². The second-order valence-electron chi connectivity index (χ2n) is 6.13. The van der Waals surface area contributed by atoms with Crippen LogP contribution in [0.1, 0.15) is 11.3 Å². The number of benzene rings is 1. The number of aryl methyl sites for hydroxylation is 2. The average Bonchev–Trinajstić information content (AvgIpc) is 2.99. The van der Waals surface area contributed by atoms with Crippen LogP contribution in [0, 0.1) is 13.8 Å². The van der Waals surface area contributed by atoms with E-state index in [1.807, 2.05) is 6.92 Å². The predicted octanol–water partition coefficient (Wildman–Crippen LogP) is 2.09. The van der Waals surface area contributed by atoms with Crippen LogP contribution < -0.4 is 15.4 Å². The third-order valence-electron chi connectivity index (χ3n) is 4.28. The molecule has 0 saturated carbocycles. The Kier molecular flexibility index (Phi) is 3.72. The van der Waals surface area contributed by atoms with Gasteiger partial charge in [-0.3, -0.25) is 4.79 Å². The Morgan fingerprint density at radius 1 is 1.04 bits per heavy atom. The Morgan fingerprint density at radius 3 is 2.54 bits per heavy atom. The molecule has 0 radical (unpaired) electrons. The number of piperazine rings is 1. The molecule has 1 aromatic carbocycles. The van der Waals surface area contributed by atoms with Gasteiger partial charge in [0.1, 0.15) is 0 Å². The molecule has 0 unspecified atom stereocenters. The first-order valence-electron chi connectivity index (χ1n) is 8.04. The minimum atomic E-state index is -0.113. The number of hydrogen-bond acceptors (Lipinski definition) is 6. The summed E-state index contributed by atoms with van der Waals surface area (Å²) in [5, 5.41) is 5.33. The van der Waals surface area contributed by atoms with Gasteiger partial charge in [0.15, 0.2) is 0 Å². The summed E-state index contributed by atoms with van der Waals surface area (Å²) in [6.07, 6.45) is 0. The van der Waals surface area contributed by atoms with Crippen LogP contribution in [0.3, 0.4) is 0 Å². The molecule has 1 saturated heterocycles. The van der Waals surface area contributed by atoms with Crippen molar-refractivity contribution in [1.82, 2.24) is 14.6 Å². The van der Waals surface area contributed by atoms with E-state index < -0.39 is 0 Å². The first kappa shape index (κ1) is 15.1. The smallest absolute Gasteiger partial charge is 0.275 e. The minimum absolute atomic E-state index is 0.113. The van der Waals surface area contributed by atoms with Crippen LogP contribution in [-0.4, -0.2) is 40.8 Å². The zero-order valence-electron chi connectivity index (χ0n) is 13.8. The van der Waals surface area contributed by atoms with Gasteiger partial charge in [-0.2, -0.15) is 4.52 Å². The molecule has 0 atom stereocenters. The first-order valence-corrected chi connectivity index (χ1v) is 8.86. The zero-order valence-corrected chi connectivity index (χ0v) is 14.6. The van der Waals surface area contributed by atoms with Gasteiger partial charge >= 0.3 is 0 Å². The molecule has 0 aliphatic carbocycles. The van der Waals surface area contributed by atoms with Crippen LogP contribution in [0.2, 0.25) is 0 Å². The van der Waals surface area contributed by atoms with Crippen molar-refractivity contribution in [2.75, 3.05) is 36.0 Å². The number of nitrogens with zero attached hydrogens (tertiary/aromatic N) is 5. The van der Waals surface area contributed by atoms with Crippen LogP contribution in [0.25, 0.3) is 4.96 Å². The largest absolute Gasteiger partial charge is 0.368 e. The topological polar surface area (TPSA) is 53.7 Å². The van der Waals surface area contributed by atoms with Crippen molar-refractivity contribution in [3.63, 3.8) is 0 Å². The normalized spacial score (nSPS) is 15.2. The van der Waals surface area contributed by atoms with Gasteiger partial charge < -0.3 is 9.80 Å². The number of anilines is 2. The highest BCUT2D eigenvalue weighted by atomic mass is 32.1. The highest BCUT2D eigenvalue weighted by Crippen LogP contribution is 2.24. The van der Waals surface area contributed by atoms with Gasteiger partial charge in [0, 0.05) is 43.6 Å². The fourth-order valence-electron chi connectivity index (χ4n) is 3.02. The van der Waals surface area contributed by atoms with Crippen LogP contribution in [0.15, 0.2) is 35.1 Å². The van der Waals surface area contributed by atoms with Crippen molar-refractivity contribution < 1.29 is 0 Å². The maximum Gasteiger partial charge on any atom is 0.275 e. The lowest BCUT2D eigenvalue weighted by Crippen LogP contribution is -2.46. The lowest BCUT2D eigenvalue weighted by molar-refractivity contribution is 0.647. The Morgan fingerprint density at radius 2 is 1.79 bits per heavy atom. The van der Waals surface area contributed by atoms with E-state index in [9.17, 15) is 4.79 Å². The van der Waals surface area contributed by atoms with Crippen molar-refractivity contribution in [3.8, 4) is 0 Å². The fourth-order valence-corrected chi connectivity index (χ4v) is 4.02. The Labute approximate surface area is 144 Å². The van der Waals surface area contributed by atoms with Crippen molar-refractivity contribution in [2.45, 2.75) is 13.8 Å². The molecule has 0 bridgehead atoms. The summed E-state index contributed by atoms with van der Waals surface area (Å²) >= 11 is 1.48. The average molecular weight is 341 g/mol. The summed E-state index contributed by atoms with van der Waals surface area (Å²) in [5.41, 5.74) is 3.17. The van der Waals surface area contributed by atoms with E-state index in [4.69, 9.17) is 0 Å². The van der Waals surface area contributed by atoms with E-state index in [1.54, 1.807) is 0 Å². The first-order chi connectivity index (χ1) is 11.6. The lowest BCUT2D eigenvalue weighted by Gasteiger charge is -2.35. The summed E-state index contributed by atoms with van der Waals surface area (Å²) in [4.78, 5) is 21.7. The molecule has 0 N–H and O–H groups in total. The standard InChI is InChI=1S/C17H19N5OS/c1-12-4-3-5-14(10-12)20-6-8-21(9-7-20)17-19-22-15(23)11-13(2)18-16(22)24-17/h3-5,10-11H,6-9H2,1-2H3. The molecule has 4 rings (SSSR count). The molecule has 0 spiro atoms. The fraction of sp³-hybridized carbons (Fsp3) is 0.353. The summed E-state index contributed by atoms with van der Waals surface area (Å²) in [5.74, 6) is 0. The molecule has 124 valence electrons. The second kappa shape index (κ2) is 5.90. The van der Waals surface area contributed by atoms with Gasteiger partial charge in [0.05, 0.1) is 0 Å². The van der Waals surface area contributed by atoms with E-state index in [-0.39, 0.29) is 5.56 Å². The zero-order chi connectivity index (χ0) is 16.7. The Balaban J connectivity index is 1.54. The SMILES string of the molecule is Cc1cccc(N2CCN(c3nn4c(=O)cc(C)nc4s3)CC2)c1. The van der Waals surface area contributed by atoms with Gasteiger partial charge in [0.25, 0.3) is 5.56 Å². The number of aromatic nitrogens is 3. The van der Waals surface area contributed by atoms with Crippen LogP contribution in [0.5, 0.6) is 0 Å². The summed E-state index contributed by atoms with van der Waals surface area (Å²) in [6.45, 7) is 7.62. The molecular weight excluding hydrogens is 322 g/mol. The van der Waals surface area contributed by atoms with Crippen molar-refractivity contribution in [2.24, 2.45) is 0 Å². The molecule has 1 aliphatic heterocycles. The van der Waals surface area contributed by atoms with Crippen LogP contribution in [0.4, 0.5) is 10.8 Å². The highest BCUT2D eigenvalue weighted by Gasteiger charge is 2.21. The van der Waals surface area contributed by atoms with Gasteiger partial charge in [-0.15, -0.1) is 5.10 Å². The van der Waals surface area contributed by atoms with Crippen LogP contribution in [-0.2, 0) is 0 Å². The van der Waals surface area contributed by atoms with E-state index in [1.165, 1.54) is 33.2 Å². The van der Waals surface area contributed by atoms with Crippen molar-refractivity contribution in [1.29, 1.82) is 0 Å². The molecular formula is C17H19N5OS. The molecule has 7 heteroatoms. The second-order valence-corrected chi connectivity index (χ2v) is 7.06. The quantitative estimate of drug-likeness (QED) is 0.714. The summed E-state index contributed by atoms with van der Waals surface area (Å²) in [7, 11) is 0. The van der Waals surface area contributed by atoms with Crippen molar-refractivity contribution in [3.05, 3.63) is 51.9 Å². The minimum Gasteiger partial charge on any atom is -0.368 e. The summed E-state index contributed by atoms with van der Waals surface area (Å²) < 4.78 is 1.40. The molecule has 3 aromatic rings. The number of rotatable bonds is 2. The van der Waals surface area contributed by atoms with Gasteiger partial charge in [-0.1, -0.05) is 23.5 Å². The summed E-state index contributed by atoms with van der Waals surface area (Å²) in [6, 6.07) is 10.1. The van der Waals surface area contributed by atoms with Gasteiger partial charge in [-0.05, 0) is 31.5 Å². The van der Waals surface area contributed by atoms with Gasteiger partial charge in [-0.25, -0.2) is 4.98 Å². The third-order valence-corrected chi connectivity index (χ3v) is 5.25. The van der Waals surface area contributed by atoms with E-state index in [0.29, 0.717) is 4.96 Å². The lowest BCUT2D eigenvalue weighted by atomic mass is 10.2. The molecule has 24 heavy (non-hydrogen) atoms. The molecule has 2 aromatic heterocycles. The van der Waals surface area contributed by atoms with E-state index in [2.05, 4.69) is 51.1 Å². The number of fused-ring (bicyclic) bond motifs is 1. The molecule has 0 amide bonds. The van der Waals surface area contributed by atoms with Crippen molar-refractivity contribution >= 4 is 27.1 Å². The maximum absolute atomic E-state index is 12.0. The maximum atomic E-state index is 12.0. The van der Waals surface area contributed by atoms with E-state index in [0.717, 1.165) is 37.0 Å². The molecule has 6 nitrogen and oxygen atoms in total. The molecule has 1 aliphatic rings. The van der Waals surface area contributed by atoms with Crippen LogP contribution >= 0.6 is 11.3 Å².